The molecule has 1 aromatic rings. The number of carboxylic acid groups (broad SMARTS) is 1. The van der Waals surface area contributed by atoms with Crippen molar-refractivity contribution in [2.75, 3.05) is 0 Å². The molecule has 0 aromatic heterocycles. The molecule has 1 unspecified atom stereocenters. The Labute approximate surface area is 102 Å². The van der Waals surface area contributed by atoms with E-state index in [1.165, 1.54) is 0 Å². The fourth-order valence-electron chi connectivity index (χ4n) is 1.43. The fourth-order valence-corrected chi connectivity index (χ4v) is 1.43. The zero-order valence-electron chi connectivity index (χ0n) is 9.51. The third kappa shape index (κ3) is 3.51. The number of carboxylic acids is 1. The van der Waals surface area contributed by atoms with Crippen molar-refractivity contribution in [2.45, 2.75) is 26.3 Å². The molecule has 0 aliphatic carbocycles. The normalized spacial score (nSPS) is 13.7. The van der Waals surface area contributed by atoms with Gasteiger partial charge < -0.3 is 10.8 Å². The van der Waals surface area contributed by atoms with Crippen LogP contribution in [0.5, 0.6) is 0 Å². The number of benzene rings is 1. The fraction of sp³-hybridized carbons (Fsp3) is 0.417. The number of aromatic carboxylic acids is 1. The average Bonchev–Trinajstić information content (AvgIpc) is 2.27. The van der Waals surface area contributed by atoms with Crippen molar-refractivity contribution in [3.05, 3.63) is 35.4 Å². The Kier molecular flexibility index (Phi) is 6.08. The molecule has 0 aliphatic rings. The minimum absolute atomic E-state index is 0. The first-order valence-corrected chi connectivity index (χ1v) is 5.15. The maximum atomic E-state index is 10.6. The Morgan fingerprint density at radius 2 is 1.88 bits per heavy atom. The molecular formula is C12H18ClNO2. The van der Waals surface area contributed by atoms with E-state index in [9.17, 15) is 4.79 Å². The number of halogens is 1. The zero-order valence-corrected chi connectivity index (χ0v) is 10.3. The lowest BCUT2D eigenvalue weighted by Crippen LogP contribution is -2.18. The van der Waals surface area contributed by atoms with E-state index in [0.717, 1.165) is 12.0 Å². The van der Waals surface area contributed by atoms with Crippen LogP contribution in [0.25, 0.3) is 0 Å². The van der Waals surface area contributed by atoms with Crippen LogP contribution in [0.1, 0.15) is 42.2 Å². The van der Waals surface area contributed by atoms with E-state index < -0.39 is 5.97 Å². The number of hydrogen-bond acceptors (Lipinski definition) is 2. The monoisotopic (exact) mass is 243 g/mol. The van der Waals surface area contributed by atoms with Crippen LogP contribution < -0.4 is 5.73 Å². The van der Waals surface area contributed by atoms with Gasteiger partial charge in [0, 0.05) is 6.04 Å². The Morgan fingerprint density at radius 1 is 1.38 bits per heavy atom. The third-order valence-corrected chi connectivity index (χ3v) is 2.80. The highest BCUT2D eigenvalue weighted by Gasteiger charge is 2.13. The van der Waals surface area contributed by atoms with Crippen molar-refractivity contribution in [1.82, 2.24) is 0 Å². The van der Waals surface area contributed by atoms with Gasteiger partial charge in [-0.2, -0.15) is 0 Å². The Balaban J connectivity index is 0.00000225. The van der Waals surface area contributed by atoms with Gasteiger partial charge >= 0.3 is 5.97 Å². The van der Waals surface area contributed by atoms with Gasteiger partial charge in [0.05, 0.1) is 5.56 Å². The Bertz CT molecular complexity index is 337. The van der Waals surface area contributed by atoms with Crippen molar-refractivity contribution >= 4 is 18.4 Å². The number of rotatable bonds is 4. The molecule has 2 atom stereocenters. The summed E-state index contributed by atoms with van der Waals surface area (Å²) in [4.78, 5) is 10.6. The van der Waals surface area contributed by atoms with Crippen LogP contribution in [0.15, 0.2) is 24.3 Å². The second-order valence-corrected chi connectivity index (χ2v) is 3.84. The SMILES string of the molecule is CCC(C)[C@@H](N)c1ccc(C(=O)O)cc1.Cl. The highest BCUT2D eigenvalue weighted by atomic mass is 35.5. The zero-order chi connectivity index (χ0) is 11.4. The topological polar surface area (TPSA) is 63.3 Å². The summed E-state index contributed by atoms with van der Waals surface area (Å²) in [6, 6.07) is 6.76. The standard InChI is InChI=1S/C12H17NO2.ClH/c1-3-8(2)11(13)9-4-6-10(7-5-9)12(14)15;/h4-8,11H,3,13H2,1-2H3,(H,14,15);1H/t8?,11-;/m1./s1. The van der Waals surface area contributed by atoms with Gasteiger partial charge in [0.15, 0.2) is 0 Å². The molecule has 1 aromatic carbocycles. The minimum atomic E-state index is -0.904. The minimum Gasteiger partial charge on any atom is -0.478 e. The van der Waals surface area contributed by atoms with E-state index in [2.05, 4.69) is 13.8 Å². The van der Waals surface area contributed by atoms with Gasteiger partial charge in [0.2, 0.25) is 0 Å². The van der Waals surface area contributed by atoms with Crippen LogP contribution in [0.2, 0.25) is 0 Å². The summed E-state index contributed by atoms with van der Waals surface area (Å²) in [7, 11) is 0. The first-order chi connectivity index (χ1) is 7.06. The maximum absolute atomic E-state index is 10.6. The molecule has 0 radical (unpaired) electrons. The van der Waals surface area contributed by atoms with Gasteiger partial charge in [-0.15, -0.1) is 12.4 Å². The van der Waals surface area contributed by atoms with Gasteiger partial charge in [0.1, 0.15) is 0 Å². The molecule has 0 saturated carbocycles. The molecule has 0 saturated heterocycles. The van der Waals surface area contributed by atoms with E-state index in [1.54, 1.807) is 24.3 Å². The van der Waals surface area contributed by atoms with Crippen LogP contribution in [0, 0.1) is 5.92 Å². The van der Waals surface area contributed by atoms with E-state index in [-0.39, 0.29) is 18.4 Å². The smallest absolute Gasteiger partial charge is 0.335 e. The van der Waals surface area contributed by atoms with Crippen molar-refractivity contribution in [2.24, 2.45) is 11.7 Å². The van der Waals surface area contributed by atoms with Crippen molar-refractivity contribution in [1.29, 1.82) is 0 Å². The number of carbonyl (C=O) groups is 1. The predicted octanol–water partition coefficient (Wildman–Crippen LogP) is 2.85. The highest BCUT2D eigenvalue weighted by molar-refractivity contribution is 5.87. The Morgan fingerprint density at radius 3 is 2.25 bits per heavy atom. The van der Waals surface area contributed by atoms with E-state index in [1.807, 2.05) is 0 Å². The quantitative estimate of drug-likeness (QED) is 0.855. The summed E-state index contributed by atoms with van der Waals surface area (Å²) in [5, 5.41) is 8.74. The molecule has 4 heteroatoms. The molecule has 0 aliphatic heterocycles. The molecule has 0 spiro atoms. The molecule has 90 valence electrons. The molecule has 0 bridgehead atoms. The van der Waals surface area contributed by atoms with Crippen LogP contribution >= 0.6 is 12.4 Å². The summed E-state index contributed by atoms with van der Waals surface area (Å²) < 4.78 is 0. The van der Waals surface area contributed by atoms with Crippen LogP contribution in [0.4, 0.5) is 0 Å². The van der Waals surface area contributed by atoms with Crippen LogP contribution in [-0.4, -0.2) is 11.1 Å². The summed E-state index contributed by atoms with van der Waals surface area (Å²) in [5.41, 5.74) is 7.32. The van der Waals surface area contributed by atoms with E-state index >= 15 is 0 Å². The summed E-state index contributed by atoms with van der Waals surface area (Å²) >= 11 is 0. The molecule has 0 heterocycles. The lowest BCUT2D eigenvalue weighted by Gasteiger charge is -2.18. The molecule has 0 fully saturated rings. The number of nitrogens with two attached hydrogens (primary N) is 1. The molecule has 1 rings (SSSR count). The van der Waals surface area contributed by atoms with Crippen molar-refractivity contribution < 1.29 is 9.90 Å². The molecule has 0 amide bonds. The largest absolute Gasteiger partial charge is 0.478 e. The van der Waals surface area contributed by atoms with Gasteiger partial charge in [-0.25, -0.2) is 4.79 Å². The molecular weight excluding hydrogens is 226 g/mol. The average molecular weight is 244 g/mol. The van der Waals surface area contributed by atoms with Crippen molar-refractivity contribution in [3.63, 3.8) is 0 Å². The van der Waals surface area contributed by atoms with Gasteiger partial charge in [0.25, 0.3) is 0 Å². The summed E-state index contributed by atoms with van der Waals surface area (Å²) in [6.07, 6.45) is 1.02. The Hall–Kier alpha value is -1.06. The highest BCUT2D eigenvalue weighted by Crippen LogP contribution is 2.21. The second kappa shape index (κ2) is 6.51. The number of hydrogen-bond donors (Lipinski definition) is 2. The summed E-state index contributed by atoms with van der Waals surface area (Å²) in [5.74, 6) is -0.501. The van der Waals surface area contributed by atoms with Crippen LogP contribution in [-0.2, 0) is 0 Å². The maximum Gasteiger partial charge on any atom is 0.335 e. The second-order valence-electron chi connectivity index (χ2n) is 3.84. The lowest BCUT2D eigenvalue weighted by molar-refractivity contribution is 0.0697. The molecule has 3 nitrogen and oxygen atoms in total. The van der Waals surface area contributed by atoms with Crippen LogP contribution in [0.3, 0.4) is 0 Å². The predicted molar refractivity (Wildman–Crippen MR) is 67.0 cm³/mol. The van der Waals surface area contributed by atoms with Gasteiger partial charge in [-0.05, 0) is 23.6 Å². The van der Waals surface area contributed by atoms with Gasteiger partial charge in [-0.1, -0.05) is 32.4 Å². The summed E-state index contributed by atoms with van der Waals surface area (Å²) in [6.45, 7) is 4.19. The van der Waals surface area contributed by atoms with Crippen molar-refractivity contribution in [3.8, 4) is 0 Å². The van der Waals surface area contributed by atoms with E-state index in [4.69, 9.17) is 10.8 Å². The molecule has 16 heavy (non-hydrogen) atoms. The third-order valence-electron chi connectivity index (χ3n) is 2.80. The molecule has 3 N–H and O–H groups in total. The first kappa shape index (κ1) is 14.9. The van der Waals surface area contributed by atoms with E-state index in [0.29, 0.717) is 11.5 Å². The van der Waals surface area contributed by atoms with Gasteiger partial charge in [-0.3, -0.25) is 0 Å². The first-order valence-electron chi connectivity index (χ1n) is 5.15. The lowest BCUT2D eigenvalue weighted by atomic mass is 9.93.